The van der Waals surface area contributed by atoms with E-state index < -0.39 is 7.82 Å². The highest BCUT2D eigenvalue weighted by atomic mass is 32.2. The maximum Gasteiger partial charge on any atom is 0.529 e. The monoisotopic (exact) mass is 262 g/mol. The van der Waals surface area contributed by atoms with E-state index in [1.165, 1.54) is 14.2 Å². The fourth-order valence-corrected chi connectivity index (χ4v) is 2.44. The Balaban J connectivity index is 2.91. The highest BCUT2D eigenvalue weighted by molar-refractivity contribution is 7.98. The van der Waals surface area contributed by atoms with Crippen molar-refractivity contribution in [2.45, 2.75) is 11.8 Å². The number of benzene rings is 1. The summed E-state index contributed by atoms with van der Waals surface area (Å²) in [6.45, 7) is 1.96. The van der Waals surface area contributed by atoms with Crippen molar-refractivity contribution in [3.8, 4) is 5.75 Å². The second-order valence-corrected chi connectivity index (χ2v) is 5.69. The van der Waals surface area contributed by atoms with Crippen LogP contribution < -0.4 is 4.52 Å². The lowest BCUT2D eigenvalue weighted by Crippen LogP contribution is -1.97. The molecule has 1 rings (SSSR count). The van der Waals surface area contributed by atoms with Crippen LogP contribution in [-0.2, 0) is 13.6 Å². The minimum absolute atomic E-state index is 0.474. The molecule has 0 fully saturated rings. The smallest absolute Gasteiger partial charge is 0.404 e. The van der Waals surface area contributed by atoms with E-state index in [9.17, 15) is 4.57 Å². The third kappa shape index (κ3) is 3.25. The number of aryl methyl sites for hydroxylation is 1. The number of thioether (sulfide) groups is 1. The third-order valence-corrected chi connectivity index (χ3v) is 4.26. The summed E-state index contributed by atoms with van der Waals surface area (Å²) in [5.41, 5.74) is 1.06. The summed E-state index contributed by atoms with van der Waals surface area (Å²) in [6.07, 6.45) is 2.00. The average molecular weight is 262 g/mol. The van der Waals surface area contributed by atoms with Crippen LogP contribution in [0.15, 0.2) is 23.1 Å². The van der Waals surface area contributed by atoms with Gasteiger partial charge in [0.2, 0.25) is 0 Å². The molecule has 16 heavy (non-hydrogen) atoms. The van der Waals surface area contributed by atoms with E-state index in [2.05, 4.69) is 0 Å². The minimum atomic E-state index is -3.45. The number of hydrogen-bond acceptors (Lipinski definition) is 5. The fraction of sp³-hybridized carbons (Fsp3) is 0.400. The number of phosphoric ester groups is 1. The van der Waals surface area contributed by atoms with Gasteiger partial charge in [-0.05, 0) is 36.9 Å². The molecule has 0 aliphatic carbocycles. The van der Waals surface area contributed by atoms with Crippen molar-refractivity contribution >= 4 is 19.6 Å². The molecule has 0 aromatic heterocycles. The van der Waals surface area contributed by atoms with Crippen molar-refractivity contribution in [3.05, 3.63) is 23.8 Å². The Kier molecular flexibility index (Phi) is 4.87. The van der Waals surface area contributed by atoms with Gasteiger partial charge < -0.3 is 4.52 Å². The Morgan fingerprint density at radius 2 is 1.88 bits per heavy atom. The maximum atomic E-state index is 11.7. The van der Waals surface area contributed by atoms with Crippen LogP contribution >= 0.6 is 19.6 Å². The van der Waals surface area contributed by atoms with Gasteiger partial charge in [0.05, 0.1) is 0 Å². The molecule has 90 valence electrons. The van der Waals surface area contributed by atoms with Gasteiger partial charge in [-0.15, -0.1) is 11.8 Å². The second kappa shape index (κ2) is 5.73. The molecule has 0 radical (unpaired) electrons. The lowest BCUT2D eigenvalue weighted by Gasteiger charge is -2.15. The summed E-state index contributed by atoms with van der Waals surface area (Å²) in [5.74, 6) is 0.474. The fourth-order valence-electron chi connectivity index (χ4n) is 1.19. The van der Waals surface area contributed by atoms with Gasteiger partial charge in [0, 0.05) is 19.1 Å². The van der Waals surface area contributed by atoms with Gasteiger partial charge >= 0.3 is 7.82 Å². The molecule has 1 aromatic carbocycles. The molecule has 0 unspecified atom stereocenters. The minimum Gasteiger partial charge on any atom is -0.404 e. The molecular formula is C10H15O4PS. The number of phosphoric acid groups is 1. The van der Waals surface area contributed by atoms with Gasteiger partial charge in [-0.25, -0.2) is 4.57 Å². The zero-order chi connectivity index (χ0) is 12.2. The van der Waals surface area contributed by atoms with Crippen LogP contribution in [0.3, 0.4) is 0 Å². The van der Waals surface area contributed by atoms with Gasteiger partial charge in [0.15, 0.2) is 0 Å². The molecule has 0 spiro atoms. The second-order valence-electron chi connectivity index (χ2n) is 3.04. The van der Waals surface area contributed by atoms with Crippen LogP contribution in [0, 0.1) is 6.92 Å². The Morgan fingerprint density at radius 1 is 1.25 bits per heavy atom. The van der Waals surface area contributed by atoms with Gasteiger partial charge in [-0.3, -0.25) is 9.05 Å². The molecule has 0 amide bonds. The van der Waals surface area contributed by atoms with Gasteiger partial charge in [0.1, 0.15) is 5.75 Å². The summed E-state index contributed by atoms with van der Waals surface area (Å²) in [5, 5.41) is 0. The predicted molar refractivity (Wildman–Crippen MR) is 65.2 cm³/mol. The average Bonchev–Trinajstić information content (AvgIpc) is 2.29. The molecule has 6 heteroatoms. The van der Waals surface area contributed by atoms with Crippen LogP contribution in [0.2, 0.25) is 0 Å². The van der Waals surface area contributed by atoms with Crippen molar-refractivity contribution in [2.24, 2.45) is 0 Å². The van der Waals surface area contributed by atoms with E-state index in [0.29, 0.717) is 5.75 Å². The predicted octanol–water partition coefficient (Wildman–Crippen LogP) is 3.50. The van der Waals surface area contributed by atoms with Crippen molar-refractivity contribution < 1.29 is 18.1 Å². The zero-order valence-electron chi connectivity index (χ0n) is 9.72. The largest absolute Gasteiger partial charge is 0.529 e. The summed E-state index contributed by atoms with van der Waals surface area (Å²) < 4.78 is 26.3. The Labute approximate surface area is 99.9 Å². The molecule has 0 saturated heterocycles. The SMILES string of the molecule is COP(=O)(OC)Oc1ccc(SC)c(C)c1. The van der Waals surface area contributed by atoms with Gasteiger partial charge in [-0.2, -0.15) is 0 Å². The lowest BCUT2D eigenvalue weighted by molar-refractivity contribution is 0.211. The molecule has 1 aromatic rings. The molecule has 0 aliphatic heterocycles. The first-order valence-corrected chi connectivity index (χ1v) is 7.29. The maximum absolute atomic E-state index is 11.7. The van der Waals surface area contributed by atoms with Crippen LogP contribution in [0.4, 0.5) is 0 Å². The zero-order valence-corrected chi connectivity index (χ0v) is 11.4. The Bertz CT molecular complexity index is 400. The summed E-state index contributed by atoms with van der Waals surface area (Å²) in [4.78, 5) is 1.15. The summed E-state index contributed by atoms with van der Waals surface area (Å²) >= 11 is 1.65. The highest BCUT2D eigenvalue weighted by Crippen LogP contribution is 2.48. The van der Waals surface area contributed by atoms with Crippen molar-refractivity contribution in [1.29, 1.82) is 0 Å². The Morgan fingerprint density at radius 3 is 2.31 bits per heavy atom. The first-order chi connectivity index (χ1) is 7.54. The molecule has 0 atom stereocenters. The molecule has 0 N–H and O–H groups in total. The first-order valence-electron chi connectivity index (χ1n) is 4.60. The quantitative estimate of drug-likeness (QED) is 0.600. The number of rotatable bonds is 5. The van der Waals surface area contributed by atoms with E-state index in [4.69, 9.17) is 13.6 Å². The first kappa shape index (κ1) is 13.6. The Hall–Kier alpha value is -0.480. The topological polar surface area (TPSA) is 44.8 Å². The lowest BCUT2D eigenvalue weighted by atomic mass is 10.2. The molecule has 4 nitrogen and oxygen atoms in total. The van der Waals surface area contributed by atoms with Crippen molar-refractivity contribution in [1.82, 2.24) is 0 Å². The van der Waals surface area contributed by atoms with Crippen LogP contribution in [0.25, 0.3) is 0 Å². The van der Waals surface area contributed by atoms with Crippen molar-refractivity contribution in [2.75, 3.05) is 20.5 Å². The van der Waals surface area contributed by atoms with Crippen LogP contribution in [-0.4, -0.2) is 20.5 Å². The van der Waals surface area contributed by atoms with Gasteiger partial charge in [0.25, 0.3) is 0 Å². The normalized spacial score (nSPS) is 11.5. The molecular weight excluding hydrogens is 247 g/mol. The summed E-state index contributed by atoms with van der Waals surface area (Å²) in [7, 11) is -0.883. The molecule has 0 bridgehead atoms. The van der Waals surface area contributed by atoms with Crippen LogP contribution in [0.5, 0.6) is 5.75 Å². The van der Waals surface area contributed by atoms with E-state index >= 15 is 0 Å². The highest BCUT2D eigenvalue weighted by Gasteiger charge is 2.24. The summed E-state index contributed by atoms with van der Waals surface area (Å²) in [6, 6.07) is 5.45. The van der Waals surface area contributed by atoms with Gasteiger partial charge in [-0.1, -0.05) is 0 Å². The molecule has 0 aliphatic rings. The van der Waals surface area contributed by atoms with E-state index in [1.54, 1.807) is 23.9 Å². The van der Waals surface area contributed by atoms with E-state index in [-0.39, 0.29) is 0 Å². The van der Waals surface area contributed by atoms with E-state index in [1.807, 2.05) is 19.2 Å². The van der Waals surface area contributed by atoms with E-state index in [0.717, 1.165) is 10.5 Å². The van der Waals surface area contributed by atoms with Crippen LogP contribution in [0.1, 0.15) is 5.56 Å². The molecule has 0 saturated carbocycles. The third-order valence-electron chi connectivity index (χ3n) is 2.03. The van der Waals surface area contributed by atoms with Crippen molar-refractivity contribution in [3.63, 3.8) is 0 Å². The number of hydrogen-bond donors (Lipinski definition) is 0. The standard InChI is InChI=1S/C10H15O4PS/c1-8-7-9(5-6-10(8)16-4)14-15(11,12-2)13-3/h5-7H,1-4H3. The molecule has 0 heterocycles.